The van der Waals surface area contributed by atoms with Gasteiger partial charge in [0.05, 0.1) is 12.9 Å². The van der Waals surface area contributed by atoms with E-state index in [1.807, 2.05) is 19.1 Å². The van der Waals surface area contributed by atoms with Crippen LogP contribution in [0, 0.1) is 0 Å². The number of nitrogens with one attached hydrogen (secondary N) is 2. The molecule has 0 amide bonds. The molecular weight excluding hydrogens is 465 g/mol. The summed E-state index contributed by atoms with van der Waals surface area (Å²) in [5.74, 6) is 1.75. The molecule has 148 valence electrons. The Hall–Kier alpha value is -1.03. The second-order valence-electron chi connectivity index (χ2n) is 6.90. The highest BCUT2D eigenvalue weighted by Gasteiger charge is 2.44. The first-order chi connectivity index (χ1) is 11.8. The van der Waals surface area contributed by atoms with Gasteiger partial charge in [-0.3, -0.25) is 4.99 Å². The Balaban J connectivity index is 0.00000338. The van der Waals surface area contributed by atoms with Crippen molar-refractivity contribution in [2.24, 2.45) is 4.99 Å². The summed E-state index contributed by atoms with van der Waals surface area (Å²) in [6.45, 7) is 2.77. The minimum Gasteiger partial charge on any atom is -0.497 e. The summed E-state index contributed by atoms with van der Waals surface area (Å²) in [4.78, 5) is 4.25. The molecule has 0 radical (unpaired) electrons. The van der Waals surface area contributed by atoms with E-state index in [0.29, 0.717) is 12.4 Å². The third-order valence-corrected chi connectivity index (χ3v) is 5.66. The fourth-order valence-corrected chi connectivity index (χ4v) is 3.59. The van der Waals surface area contributed by atoms with Gasteiger partial charge in [0.1, 0.15) is 15.6 Å². The summed E-state index contributed by atoms with van der Waals surface area (Å²) in [6, 6.07) is 8.28. The van der Waals surface area contributed by atoms with Gasteiger partial charge >= 0.3 is 0 Å². The van der Waals surface area contributed by atoms with Crippen molar-refractivity contribution in [3.8, 4) is 5.75 Å². The summed E-state index contributed by atoms with van der Waals surface area (Å²) >= 11 is 0. The van der Waals surface area contributed by atoms with Crippen molar-refractivity contribution in [1.29, 1.82) is 0 Å². The Kier molecular flexibility index (Phi) is 8.65. The molecule has 6 nitrogen and oxygen atoms in total. The van der Waals surface area contributed by atoms with E-state index in [-0.39, 0.29) is 41.2 Å². The molecular formula is C18H30IN3O3S. The minimum absolute atomic E-state index is 0. The van der Waals surface area contributed by atoms with Crippen LogP contribution in [-0.2, 0) is 15.3 Å². The SMILES string of the molecule is CN=C(NCC1(c2ccc(OC)cc2)CC1)NC(C)CCS(C)(=O)=O.I. The maximum absolute atomic E-state index is 11.3. The quantitative estimate of drug-likeness (QED) is 0.329. The van der Waals surface area contributed by atoms with E-state index < -0.39 is 9.84 Å². The van der Waals surface area contributed by atoms with Crippen LogP contribution in [0.15, 0.2) is 29.3 Å². The lowest BCUT2D eigenvalue weighted by molar-refractivity contribution is 0.414. The number of benzene rings is 1. The zero-order valence-corrected chi connectivity index (χ0v) is 19.1. The fourth-order valence-electron chi connectivity index (χ4n) is 2.81. The third-order valence-electron chi connectivity index (χ3n) is 4.68. The van der Waals surface area contributed by atoms with Gasteiger partial charge in [-0.2, -0.15) is 0 Å². The van der Waals surface area contributed by atoms with Crippen LogP contribution < -0.4 is 15.4 Å². The maximum atomic E-state index is 11.3. The molecule has 0 heterocycles. The normalized spacial score (nSPS) is 17.0. The van der Waals surface area contributed by atoms with Gasteiger partial charge < -0.3 is 15.4 Å². The smallest absolute Gasteiger partial charge is 0.191 e. The number of hydrogen-bond acceptors (Lipinski definition) is 4. The molecule has 1 atom stereocenters. The summed E-state index contributed by atoms with van der Waals surface area (Å²) in [6.07, 6.45) is 4.11. The molecule has 1 aliphatic rings. The van der Waals surface area contributed by atoms with E-state index in [1.165, 1.54) is 11.8 Å². The number of hydrogen-bond donors (Lipinski definition) is 2. The van der Waals surface area contributed by atoms with Gasteiger partial charge in [-0.15, -0.1) is 24.0 Å². The maximum Gasteiger partial charge on any atom is 0.191 e. The first kappa shape index (κ1) is 23.0. The van der Waals surface area contributed by atoms with Gasteiger partial charge in [0.15, 0.2) is 5.96 Å². The zero-order valence-electron chi connectivity index (χ0n) is 15.9. The summed E-state index contributed by atoms with van der Waals surface area (Å²) in [5, 5.41) is 6.65. The standard InChI is InChI=1S/C18H29N3O3S.HI/c1-14(9-12-25(4,22)23)21-17(19-2)20-13-18(10-11-18)15-5-7-16(24-3)8-6-15;/h5-8,14H,9-13H2,1-4H3,(H2,19,20,21);1H. The van der Waals surface area contributed by atoms with Crippen LogP contribution in [0.2, 0.25) is 0 Å². The molecule has 1 aromatic carbocycles. The molecule has 0 saturated heterocycles. The third kappa shape index (κ3) is 6.94. The van der Waals surface area contributed by atoms with E-state index >= 15 is 0 Å². The first-order valence-corrected chi connectivity index (χ1v) is 10.6. The second-order valence-corrected chi connectivity index (χ2v) is 9.16. The number of halogens is 1. The van der Waals surface area contributed by atoms with Crippen LogP contribution in [0.3, 0.4) is 0 Å². The van der Waals surface area contributed by atoms with Crippen molar-refractivity contribution in [3.05, 3.63) is 29.8 Å². The van der Waals surface area contributed by atoms with Crippen LogP contribution >= 0.6 is 24.0 Å². The summed E-state index contributed by atoms with van der Waals surface area (Å²) in [5.41, 5.74) is 1.46. The van der Waals surface area contributed by atoms with Crippen LogP contribution in [0.5, 0.6) is 5.75 Å². The summed E-state index contributed by atoms with van der Waals surface area (Å²) in [7, 11) is 0.459. The number of nitrogens with zero attached hydrogens (tertiary/aromatic N) is 1. The Morgan fingerprint density at radius 3 is 2.38 bits per heavy atom. The average molecular weight is 495 g/mol. The van der Waals surface area contributed by atoms with Gasteiger partial charge in [0.2, 0.25) is 0 Å². The molecule has 1 fully saturated rings. The molecule has 1 saturated carbocycles. The van der Waals surface area contributed by atoms with E-state index in [2.05, 4.69) is 27.8 Å². The number of rotatable bonds is 8. The zero-order chi connectivity index (χ0) is 18.5. The molecule has 1 aromatic rings. The van der Waals surface area contributed by atoms with Gasteiger partial charge in [-0.05, 0) is 43.9 Å². The Labute approximate surface area is 174 Å². The van der Waals surface area contributed by atoms with E-state index in [4.69, 9.17) is 4.74 Å². The van der Waals surface area contributed by atoms with Gasteiger partial charge in [0, 0.05) is 31.3 Å². The lowest BCUT2D eigenvalue weighted by Gasteiger charge is -2.21. The molecule has 2 N–H and O–H groups in total. The molecule has 1 unspecified atom stereocenters. The van der Waals surface area contributed by atoms with Crippen LogP contribution in [0.25, 0.3) is 0 Å². The van der Waals surface area contributed by atoms with Crippen molar-refractivity contribution < 1.29 is 13.2 Å². The summed E-state index contributed by atoms with van der Waals surface area (Å²) < 4.78 is 27.8. The highest BCUT2D eigenvalue weighted by Crippen LogP contribution is 2.47. The topological polar surface area (TPSA) is 79.8 Å². The Morgan fingerprint density at radius 1 is 1.31 bits per heavy atom. The second kappa shape index (κ2) is 9.77. The highest BCUT2D eigenvalue weighted by atomic mass is 127. The van der Waals surface area contributed by atoms with Gasteiger partial charge in [-0.1, -0.05) is 12.1 Å². The lowest BCUT2D eigenvalue weighted by atomic mass is 9.96. The predicted octanol–water partition coefficient (Wildman–Crippen LogP) is 2.33. The molecule has 0 spiro atoms. The number of sulfone groups is 1. The van der Waals surface area contributed by atoms with Crippen molar-refractivity contribution in [1.82, 2.24) is 10.6 Å². The average Bonchev–Trinajstić information content (AvgIpc) is 3.37. The lowest BCUT2D eigenvalue weighted by Crippen LogP contribution is -2.45. The number of guanidine groups is 1. The molecule has 0 aromatic heterocycles. The molecule has 8 heteroatoms. The van der Waals surface area contributed by atoms with Gasteiger partial charge in [-0.25, -0.2) is 8.42 Å². The van der Waals surface area contributed by atoms with E-state index in [9.17, 15) is 8.42 Å². The first-order valence-electron chi connectivity index (χ1n) is 8.57. The number of aliphatic imine (C=N–C) groups is 1. The molecule has 0 bridgehead atoms. The van der Waals surface area contributed by atoms with Crippen molar-refractivity contribution in [2.75, 3.05) is 32.7 Å². The minimum atomic E-state index is -2.94. The monoisotopic (exact) mass is 495 g/mol. The van der Waals surface area contributed by atoms with E-state index in [1.54, 1.807) is 14.2 Å². The molecule has 26 heavy (non-hydrogen) atoms. The Bertz CT molecular complexity index is 701. The van der Waals surface area contributed by atoms with Crippen molar-refractivity contribution in [3.63, 3.8) is 0 Å². The highest BCUT2D eigenvalue weighted by molar-refractivity contribution is 14.0. The largest absolute Gasteiger partial charge is 0.497 e. The Morgan fingerprint density at radius 2 is 1.92 bits per heavy atom. The predicted molar refractivity (Wildman–Crippen MR) is 118 cm³/mol. The van der Waals surface area contributed by atoms with Crippen LogP contribution in [0.1, 0.15) is 31.7 Å². The van der Waals surface area contributed by atoms with Crippen molar-refractivity contribution in [2.45, 2.75) is 37.6 Å². The fraction of sp³-hybridized carbons (Fsp3) is 0.611. The van der Waals surface area contributed by atoms with Crippen LogP contribution in [0.4, 0.5) is 0 Å². The van der Waals surface area contributed by atoms with Gasteiger partial charge in [0.25, 0.3) is 0 Å². The number of ether oxygens (including phenoxy) is 1. The van der Waals surface area contributed by atoms with E-state index in [0.717, 1.165) is 25.1 Å². The molecule has 2 rings (SSSR count). The number of methoxy groups -OCH3 is 1. The van der Waals surface area contributed by atoms with Crippen molar-refractivity contribution >= 4 is 39.8 Å². The molecule has 0 aliphatic heterocycles. The molecule has 1 aliphatic carbocycles. The van der Waals surface area contributed by atoms with Crippen LogP contribution in [-0.4, -0.2) is 53.1 Å².